The average Bonchev–Trinajstić information content (AvgIpc) is 2.98. The molecule has 0 aliphatic carbocycles. The van der Waals surface area contributed by atoms with E-state index >= 15 is 0 Å². The lowest BCUT2D eigenvalue weighted by molar-refractivity contribution is -0.384. The average molecular weight is 401 g/mol. The zero-order valence-electron chi connectivity index (χ0n) is 15.8. The number of aromatic nitrogens is 1. The van der Waals surface area contributed by atoms with Crippen LogP contribution < -0.4 is 20.5 Å². The smallest absolute Gasteiger partial charge is 0.420 e. The van der Waals surface area contributed by atoms with E-state index in [1.54, 1.807) is 18.2 Å². The molecule has 3 aromatic rings. The summed E-state index contributed by atoms with van der Waals surface area (Å²) in [6.45, 7) is 4.19. The van der Waals surface area contributed by atoms with Crippen LogP contribution in [0.1, 0.15) is 13.8 Å². The standard InChI is InChI=1S/C19H19N3O7/c1-3-27-13-6-8-16(28-4-2)14(10-13)20-18(23)11-21-15-7-5-12(22(25)26)9-17(15)29-19(21)24/h5-10H,3-4,11H2,1-2H3,(H,20,23). The number of hydrogen-bond donors (Lipinski definition) is 1. The molecule has 0 saturated carbocycles. The summed E-state index contributed by atoms with van der Waals surface area (Å²) < 4.78 is 17.1. The van der Waals surface area contributed by atoms with E-state index in [4.69, 9.17) is 13.9 Å². The van der Waals surface area contributed by atoms with E-state index in [1.807, 2.05) is 13.8 Å². The Morgan fingerprint density at radius 1 is 1.17 bits per heavy atom. The first-order valence-electron chi connectivity index (χ1n) is 8.90. The molecule has 1 aromatic heterocycles. The second-order valence-electron chi connectivity index (χ2n) is 5.94. The third kappa shape index (κ3) is 4.37. The van der Waals surface area contributed by atoms with E-state index in [1.165, 1.54) is 12.1 Å². The molecular formula is C19H19N3O7. The van der Waals surface area contributed by atoms with Gasteiger partial charge in [0.1, 0.15) is 18.0 Å². The molecule has 2 aromatic carbocycles. The molecule has 0 saturated heterocycles. The van der Waals surface area contributed by atoms with Crippen molar-refractivity contribution < 1.29 is 23.6 Å². The molecule has 10 heteroatoms. The van der Waals surface area contributed by atoms with Crippen LogP contribution in [0.15, 0.2) is 45.6 Å². The summed E-state index contributed by atoms with van der Waals surface area (Å²) in [7, 11) is 0. The summed E-state index contributed by atoms with van der Waals surface area (Å²) in [5, 5.41) is 13.6. The van der Waals surface area contributed by atoms with Crippen LogP contribution in [-0.4, -0.2) is 28.6 Å². The molecule has 1 amide bonds. The number of ether oxygens (including phenoxy) is 2. The highest BCUT2D eigenvalue weighted by atomic mass is 16.6. The van der Waals surface area contributed by atoms with Crippen molar-refractivity contribution in [2.75, 3.05) is 18.5 Å². The van der Waals surface area contributed by atoms with Crippen LogP contribution >= 0.6 is 0 Å². The van der Waals surface area contributed by atoms with Gasteiger partial charge in [-0.15, -0.1) is 0 Å². The van der Waals surface area contributed by atoms with Crippen molar-refractivity contribution in [3.63, 3.8) is 0 Å². The van der Waals surface area contributed by atoms with Crippen LogP contribution in [0, 0.1) is 10.1 Å². The number of oxazole rings is 1. The maximum absolute atomic E-state index is 12.6. The Morgan fingerprint density at radius 3 is 2.62 bits per heavy atom. The molecule has 152 valence electrons. The quantitative estimate of drug-likeness (QED) is 0.454. The number of fused-ring (bicyclic) bond motifs is 1. The first-order chi connectivity index (χ1) is 13.9. The van der Waals surface area contributed by atoms with Crippen LogP contribution in [-0.2, 0) is 11.3 Å². The molecule has 0 spiro atoms. The van der Waals surface area contributed by atoms with Crippen LogP contribution in [0.4, 0.5) is 11.4 Å². The Balaban J connectivity index is 1.86. The number of amides is 1. The van der Waals surface area contributed by atoms with Gasteiger partial charge in [0.2, 0.25) is 5.91 Å². The molecule has 3 rings (SSSR count). The second-order valence-corrected chi connectivity index (χ2v) is 5.94. The van der Waals surface area contributed by atoms with Gasteiger partial charge in [-0.1, -0.05) is 0 Å². The predicted molar refractivity (Wildman–Crippen MR) is 105 cm³/mol. The van der Waals surface area contributed by atoms with E-state index in [9.17, 15) is 19.7 Å². The van der Waals surface area contributed by atoms with Gasteiger partial charge in [0.25, 0.3) is 5.69 Å². The Labute approximate surface area is 164 Å². The molecule has 0 aliphatic rings. The Kier molecular flexibility index (Phi) is 5.82. The van der Waals surface area contributed by atoms with E-state index < -0.39 is 16.6 Å². The number of non-ortho nitro benzene ring substituents is 1. The van der Waals surface area contributed by atoms with E-state index in [2.05, 4.69) is 5.32 Å². The number of carbonyl (C=O) groups is 1. The molecule has 1 N–H and O–H groups in total. The van der Waals surface area contributed by atoms with Gasteiger partial charge in [0.15, 0.2) is 5.58 Å². The van der Waals surface area contributed by atoms with E-state index in [0.29, 0.717) is 30.4 Å². The second kappa shape index (κ2) is 8.46. The summed E-state index contributed by atoms with van der Waals surface area (Å²) in [5.41, 5.74) is 0.505. The van der Waals surface area contributed by atoms with Gasteiger partial charge in [0, 0.05) is 12.1 Å². The van der Waals surface area contributed by atoms with Gasteiger partial charge < -0.3 is 19.2 Å². The van der Waals surface area contributed by atoms with Crippen molar-refractivity contribution in [3.05, 3.63) is 57.1 Å². The number of benzene rings is 2. The fourth-order valence-electron chi connectivity index (χ4n) is 2.80. The number of nitro benzene ring substituents is 1. The molecule has 0 fully saturated rings. The molecule has 10 nitrogen and oxygen atoms in total. The van der Waals surface area contributed by atoms with Gasteiger partial charge >= 0.3 is 5.76 Å². The van der Waals surface area contributed by atoms with Crippen molar-refractivity contribution in [1.82, 2.24) is 4.57 Å². The van der Waals surface area contributed by atoms with Crippen LogP contribution in [0.5, 0.6) is 11.5 Å². The number of carbonyl (C=O) groups excluding carboxylic acids is 1. The predicted octanol–water partition coefficient (Wildman–Crippen LogP) is 2.94. The third-order valence-electron chi connectivity index (χ3n) is 4.00. The fourth-order valence-corrected chi connectivity index (χ4v) is 2.80. The zero-order chi connectivity index (χ0) is 21.0. The fraction of sp³-hybridized carbons (Fsp3) is 0.263. The lowest BCUT2D eigenvalue weighted by Gasteiger charge is -2.13. The van der Waals surface area contributed by atoms with Crippen LogP contribution in [0.25, 0.3) is 11.1 Å². The molecule has 0 atom stereocenters. The Bertz CT molecular complexity index is 1120. The van der Waals surface area contributed by atoms with Crippen molar-refractivity contribution in [3.8, 4) is 11.5 Å². The summed E-state index contributed by atoms with van der Waals surface area (Å²) in [4.78, 5) is 35.0. The van der Waals surface area contributed by atoms with Crippen molar-refractivity contribution in [2.24, 2.45) is 0 Å². The SMILES string of the molecule is CCOc1ccc(OCC)c(NC(=O)Cn2c(=O)oc3cc([N+](=O)[O-])ccc32)c1. The molecule has 0 radical (unpaired) electrons. The maximum Gasteiger partial charge on any atom is 0.420 e. The summed E-state index contributed by atoms with van der Waals surface area (Å²) in [6.07, 6.45) is 0. The highest BCUT2D eigenvalue weighted by Gasteiger charge is 2.17. The number of nitro groups is 1. The first kappa shape index (κ1) is 19.9. The van der Waals surface area contributed by atoms with Gasteiger partial charge in [-0.05, 0) is 32.0 Å². The molecule has 1 heterocycles. The van der Waals surface area contributed by atoms with Crippen LogP contribution in [0.3, 0.4) is 0 Å². The third-order valence-corrected chi connectivity index (χ3v) is 4.00. The molecule has 0 unspecified atom stereocenters. The highest BCUT2D eigenvalue weighted by molar-refractivity contribution is 5.93. The Hall–Kier alpha value is -3.82. The Morgan fingerprint density at radius 2 is 1.93 bits per heavy atom. The minimum Gasteiger partial charge on any atom is -0.494 e. The summed E-state index contributed by atoms with van der Waals surface area (Å²) in [6, 6.07) is 8.79. The topological polar surface area (TPSA) is 126 Å². The molecular weight excluding hydrogens is 382 g/mol. The molecule has 0 aliphatic heterocycles. The number of nitrogens with one attached hydrogen (secondary N) is 1. The monoisotopic (exact) mass is 401 g/mol. The van der Waals surface area contributed by atoms with Gasteiger partial charge in [-0.25, -0.2) is 4.79 Å². The minimum atomic E-state index is -0.788. The highest BCUT2D eigenvalue weighted by Crippen LogP contribution is 2.29. The first-order valence-corrected chi connectivity index (χ1v) is 8.90. The van der Waals surface area contributed by atoms with Crippen molar-refractivity contribution in [1.29, 1.82) is 0 Å². The maximum atomic E-state index is 12.6. The van der Waals surface area contributed by atoms with Gasteiger partial charge in [-0.2, -0.15) is 0 Å². The van der Waals surface area contributed by atoms with Gasteiger partial charge in [0.05, 0.1) is 35.4 Å². The van der Waals surface area contributed by atoms with Gasteiger partial charge in [-0.3, -0.25) is 19.5 Å². The minimum absolute atomic E-state index is 0.0327. The number of hydrogen-bond acceptors (Lipinski definition) is 7. The van der Waals surface area contributed by atoms with E-state index in [-0.39, 0.29) is 23.3 Å². The molecule has 0 bridgehead atoms. The number of anilines is 1. The van der Waals surface area contributed by atoms with E-state index in [0.717, 1.165) is 10.6 Å². The normalized spacial score (nSPS) is 10.7. The lowest BCUT2D eigenvalue weighted by atomic mass is 10.2. The number of nitrogens with zero attached hydrogens (tertiary/aromatic N) is 2. The van der Waals surface area contributed by atoms with Crippen LogP contribution in [0.2, 0.25) is 0 Å². The van der Waals surface area contributed by atoms with Crippen molar-refractivity contribution in [2.45, 2.75) is 20.4 Å². The van der Waals surface area contributed by atoms with Crippen molar-refractivity contribution >= 4 is 28.4 Å². The molecule has 29 heavy (non-hydrogen) atoms. The zero-order valence-corrected chi connectivity index (χ0v) is 15.8. The summed E-state index contributed by atoms with van der Waals surface area (Å²) in [5.74, 6) is -0.264. The largest absolute Gasteiger partial charge is 0.494 e. The summed E-state index contributed by atoms with van der Waals surface area (Å²) >= 11 is 0. The lowest BCUT2D eigenvalue weighted by Crippen LogP contribution is -2.25. The number of rotatable bonds is 8.